The van der Waals surface area contributed by atoms with Gasteiger partial charge in [0, 0.05) is 29.2 Å². The second-order valence-electron chi connectivity index (χ2n) is 6.26. The van der Waals surface area contributed by atoms with Gasteiger partial charge in [-0.2, -0.15) is 0 Å². The molecule has 0 aliphatic heterocycles. The Balaban J connectivity index is 1.57. The second-order valence-corrected chi connectivity index (χ2v) is 6.26. The molecule has 5 heteroatoms. The van der Waals surface area contributed by atoms with Crippen molar-refractivity contribution in [3.05, 3.63) is 90.4 Å². The molecule has 0 saturated carbocycles. The Labute approximate surface area is 157 Å². The van der Waals surface area contributed by atoms with E-state index in [2.05, 4.69) is 20.6 Å². The van der Waals surface area contributed by atoms with Gasteiger partial charge in [-0.3, -0.25) is 14.8 Å². The van der Waals surface area contributed by atoms with E-state index in [1.54, 1.807) is 18.5 Å². The van der Waals surface area contributed by atoms with Crippen molar-refractivity contribution in [3.63, 3.8) is 0 Å². The van der Waals surface area contributed by atoms with E-state index in [0.717, 1.165) is 27.8 Å². The third-order valence-corrected chi connectivity index (χ3v) is 4.18. The van der Waals surface area contributed by atoms with Crippen LogP contribution in [0, 0.1) is 6.92 Å². The van der Waals surface area contributed by atoms with Gasteiger partial charge in [0.2, 0.25) is 0 Å². The smallest absolute Gasteiger partial charge is 0.274 e. The van der Waals surface area contributed by atoms with Gasteiger partial charge in [-0.25, -0.2) is 0 Å². The summed E-state index contributed by atoms with van der Waals surface area (Å²) in [6, 6.07) is 21.1. The fraction of sp³-hybridized carbons (Fsp3) is 0.0455. The number of hydrogen-bond acceptors (Lipinski definition) is 4. The lowest BCUT2D eigenvalue weighted by molar-refractivity contribution is 0.102. The van der Waals surface area contributed by atoms with Crippen molar-refractivity contribution in [1.82, 2.24) is 9.97 Å². The summed E-state index contributed by atoms with van der Waals surface area (Å²) in [5, 5.41) is 7.18. The minimum Gasteiger partial charge on any atom is -0.355 e. The number of nitrogens with zero attached hydrogens (tertiary/aromatic N) is 2. The monoisotopic (exact) mass is 354 g/mol. The summed E-state index contributed by atoms with van der Waals surface area (Å²) >= 11 is 0. The van der Waals surface area contributed by atoms with Gasteiger partial charge in [-0.05, 0) is 48.9 Å². The molecule has 2 heterocycles. The van der Waals surface area contributed by atoms with Crippen LogP contribution in [0.3, 0.4) is 0 Å². The number of aryl methyl sites for hydroxylation is 1. The van der Waals surface area contributed by atoms with Crippen LogP contribution in [0.5, 0.6) is 0 Å². The summed E-state index contributed by atoms with van der Waals surface area (Å²) in [7, 11) is 0. The molecule has 0 aliphatic rings. The van der Waals surface area contributed by atoms with Crippen LogP contribution >= 0.6 is 0 Å². The van der Waals surface area contributed by atoms with E-state index in [4.69, 9.17) is 0 Å². The molecule has 5 nitrogen and oxygen atoms in total. The number of fused-ring (bicyclic) bond motifs is 1. The van der Waals surface area contributed by atoms with Gasteiger partial charge >= 0.3 is 0 Å². The fourth-order valence-corrected chi connectivity index (χ4v) is 2.91. The zero-order valence-electron chi connectivity index (χ0n) is 14.8. The highest BCUT2D eigenvalue weighted by atomic mass is 16.1. The highest BCUT2D eigenvalue weighted by Crippen LogP contribution is 2.22. The van der Waals surface area contributed by atoms with Crippen molar-refractivity contribution in [3.8, 4) is 0 Å². The van der Waals surface area contributed by atoms with Crippen LogP contribution < -0.4 is 10.6 Å². The maximum atomic E-state index is 12.7. The Morgan fingerprint density at radius 1 is 0.852 bits per heavy atom. The molecule has 0 aliphatic carbocycles. The van der Waals surface area contributed by atoms with E-state index >= 15 is 0 Å². The van der Waals surface area contributed by atoms with Crippen molar-refractivity contribution in [2.75, 3.05) is 10.6 Å². The number of rotatable bonds is 4. The van der Waals surface area contributed by atoms with Gasteiger partial charge in [0.05, 0.1) is 11.2 Å². The quantitative estimate of drug-likeness (QED) is 0.545. The van der Waals surface area contributed by atoms with Crippen LogP contribution in [0.25, 0.3) is 10.9 Å². The number of nitrogens with one attached hydrogen (secondary N) is 2. The lowest BCUT2D eigenvalue weighted by atomic mass is 10.2. The highest BCUT2D eigenvalue weighted by Gasteiger charge is 2.11. The lowest BCUT2D eigenvalue weighted by Crippen LogP contribution is -2.14. The summed E-state index contributed by atoms with van der Waals surface area (Å²) in [5.74, 6) is -0.277. The Morgan fingerprint density at radius 2 is 1.67 bits per heavy atom. The number of benzene rings is 2. The third kappa shape index (κ3) is 3.77. The van der Waals surface area contributed by atoms with Crippen molar-refractivity contribution >= 4 is 33.9 Å². The number of amides is 1. The molecule has 0 spiro atoms. The van der Waals surface area contributed by atoms with Crippen LogP contribution in [-0.2, 0) is 0 Å². The molecule has 2 aromatic carbocycles. The van der Waals surface area contributed by atoms with E-state index in [-0.39, 0.29) is 5.91 Å². The van der Waals surface area contributed by atoms with Gasteiger partial charge in [-0.1, -0.05) is 30.3 Å². The summed E-state index contributed by atoms with van der Waals surface area (Å²) < 4.78 is 0. The average molecular weight is 354 g/mol. The number of carbonyl (C=O) groups excluding carboxylic acids is 1. The minimum absolute atomic E-state index is 0.277. The molecule has 2 aromatic heterocycles. The van der Waals surface area contributed by atoms with E-state index in [1.165, 1.54) is 0 Å². The third-order valence-electron chi connectivity index (χ3n) is 4.18. The molecule has 2 N–H and O–H groups in total. The lowest BCUT2D eigenvalue weighted by Gasteiger charge is -2.10. The van der Waals surface area contributed by atoms with Crippen LogP contribution in [0.4, 0.5) is 17.1 Å². The maximum absolute atomic E-state index is 12.7. The summed E-state index contributed by atoms with van der Waals surface area (Å²) in [6.45, 7) is 2.04. The first-order chi connectivity index (χ1) is 13.2. The zero-order chi connectivity index (χ0) is 18.6. The maximum Gasteiger partial charge on any atom is 0.274 e. The molecule has 0 unspecified atom stereocenters. The van der Waals surface area contributed by atoms with Gasteiger partial charge in [0.15, 0.2) is 0 Å². The molecular formula is C22H18N4O. The molecule has 27 heavy (non-hydrogen) atoms. The van der Waals surface area contributed by atoms with Crippen molar-refractivity contribution in [2.45, 2.75) is 6.92 Å². The van der Waals surface area contributed by atoms with Gasteiger partial charge in [0.25, 0.3) is 5.91 Å². The molecule has 0 saturated heterocycles. The summed E-state index contributed by atoms with van der Waals surface area (Å²) in [6.07, 6.45) is 3.33. The first-order valence-electron chi connectivity index (χ1n) is 8.64. The molecule has 1 amide bonds. The largest absolute Gasteiger partial charge is 0.355 e. The standard InChI is InChI=1S/C22H18N4O/c1-15-5-2-8-17(13-15)25-18-10-12-23-20(14-18)22(27)26-19-9-3-6-16-7-4-11-24-21(16)19/h2-14H,1H3,(H,23,25)(H,26,27). The van der Waals surface area contributed by atoms with Crippen molar-refractivity contribution in [1.29, 1.82) is 0 Å². The Hall–Kier alpha value is -3.73. The molecule has 4 aromatic rings. The molecule has 132 valence electrons. The predicted molar refractivity (Wildman–Crippen MR) is 108 cm³/mol. The minimum atomic E-state index is -0.277. The molecule has 0 fully saturated rings. The molecule has 0 radical (unpaired) electrons. The second kappa shape index (κ2) is 7.25. The van der Waals surface area contributed by atoms with Crippen molar-refractivity contribution in [2.24, 2.45) is 0 Å². The molecule has 0 bridgehead atoms. The topological polar surface area (TPSA) is 66.9 Å². The van der Waals surface area contributed by atoms with Crippen LogP contribution in [0.1, 0.15) is 16.1 Å². The number of hydrogen-bond donors (Lipinski definition) is 2. The van der Waals surface area contributed by atoms with Crippen LogP contribution in [-0.4, -0.2) is 15.9 Å². The first kappa shape index (κ1) is 16.7. The number of carbonyl (C=O) groups is 1. The number of anilines is 3. The van der Waals surface area contributed by atoms with Gasteiger partial charge in [0.1, 0.15) is 5.69 Å². The number of pyridine rings is 2. The van der Waals surface area contributed by atoms with E-state index in [0.29, 0.717) is 11.4 Å². The van der Waals surface area contributed by atoms with E-state index in [9.17, 15) is 4.79 Å². The predicted octanol–water partition coefficient (Wildman–Crippen LogP) is 4.93. The molecule has 0 atom stereocenters. The number of aromatic nitrogens is 2. The van der Waals surface area contributed by atoms with Gasteiger partial charge < -0.3 is 10.6 Å². The fourth-order valence-electron chi connectivity index (χ4n) is 2.91. The Morgan fingerprint density at radius 3 is 2.56 bits per heavy atom. The SMILES string of the molecule is Cc1cccc(Nc2ccnc(C(=O)Nc3cccc4cccnc34)c2)c1. The first-order valence-corrected chi connectivity index (χ1v) is 8.64. The summed E-state index contributed by atoms with van der Waals surface area (Å²) in [5.41, 5.74) is 4.68. The van der Waals surface area contributed by atoms with Crippen LogP contribution in [0.15, 0.2) is 79.1 Å². The zero-order valence-corrected chi connectivity index (χ0v) is 14.8. The molecule has 4 rings (SSSR count). The van der Waals surface area contributed by atoms with Gasteiger partial charge in [-0.15, -0.1) is 0 Å². The normalized spacial score (nSPS) is 10.6. The summed E-state index contributed by atoms with van der Waals surface area (Å²) in [4.78, 5) is 21.3. The van der Waals surface area contributed by atoms with E-state index < -0.39 is 0 Å². The highest BCUT2D eigenvalue weighted by molar-refractivity contribution is 6.07. The number of para-hydroxylation sites is 1. The van der Waals surface area contributed by atoms with Crippen molar-refractivity contribution < 1.29 is 4.79 Å². The average Bonchev–Trinajstić information content (AvgIpc) is 2.68. The van der Waals surface area contributed by atoms with E-state index in [1.807, 2.05) is 67.6 Å². The Bertz CT molecular complexity index is 1120. The Kier molecular flexibility index (Phi) is 4.49. The van der Waals surface area contributed by atoms with Crippen LogP contribution in [0.2, 0.25) is 0 Å². The molecular weight excluding hydrogens is 336 g/mol.